The average Bonchev–Trinajstić information content (AvgIpc) is 3.13. The molecule has 3 aromatic heterocycles. The number of fused-ring (bicyclic) bond motifs is 1. The van der Waals surface area contributed by atoms with Crippen LogP contribution in [-0.2, 0) is 5.75 Å². The van der Waals surface area contributed by atoms with Gasteiger partial charge in [0.1, 0.15) is 11.3 Å². The van der Waals surface area contributed by atoms with E-state index in [0.717, 1.165) is 16.5 Å². The number of aryl methyl sites for hydroxylation is 1. The molecule has 0 spiro atoms. The van der Waals surface area contributed by atoms with Gasteiger partial charge < -0.3 is 13.9 Å². The number of thioether (sulfide) groups is 1. The van der Waals surface area contributed by atoms with Crippen LogP contribution >= 0.6 is 11.8 Å². The maximum Gasteiger partial charge on any atom is 0.336 e. The fourth-order valence-electron chi connectivity index (χ4n) is 2.55. The van der Waals surface area contributed by atoms with E-state index in [4.69, 9.17) is 8.83 Å². The highest BCUT2D eigenvalue weighted by Gasteiger charge is 2.13. The summed E-state index contributed by atoms with van der Waals surface area (Å²) >= 11 is 1.32. The fourth-order valence-corrected chi connectivity index (χ4v) is 3.31. The Hall–Kier alpha value is -3.13. The van der Waals surface area contributed by atoms with Crippen molar-refractivity contribution >= 4 is 22.7 Å². The predicted octanol–water partition coefficient (Wildman–Crippen LogP) is 3.54. The van der Waals surface area contributed by atoms with Crippen molar-refractivity contribution in [1.82, 2.24) is 15.2 Å². The molecule has 0 radical (unpaired) electrons. The van der Waals surface area contributed by atoms with Crippen LogP contribution in [0.25, 0.3) is 22.4 Å². The molecular formula is C18H13N3O4S. The Bertz CT molecular complexity index is 1140. The van der Waals surface area contributed by atoms with Gasteiger partial charge in [0.05, 0.1) is 0 Å². The van der Waals surface area contributed by atoms with Crippen molar-refractivity contribution in [2.24, 2.45) is 0 Å². The molecule has 0 amide bonds. The van der Waals surface area contributed by atoms with Crippen molar-refractivity contribution in [2.75, 3.05) is 0 Å². The summed E-state index contributed by atoms with van der Waals surface area (Å²) in [5.41, 5.74) is 2.01. The van der Waals surface area contributed by atoms with E-state index >= 15 is 0 Å². The van der Waals surface area contributed by atoms with Crippen LogP contribution < -0.4 is 5.63 Å². The number of pyridine rings is 1. The maximum absolute atomic E-state index is 11.9. The molecule has 1 aromatic carbocycles. The van der Waals surface area contributed by atoms with E-state index in [-0.39, 0.29) is 5.75 Å². The van der Waals surface area contributed by atoms with Crippen LogP contribution in [0.15, 0.2) is 61.6 Å². The second-order valence-electron chi connectivity index (χ2n) is 5.57. The van der Waals surface area contributed by atoms with Crippen LogP contribution in [0.5, 0.6) is 5.75 Å². The fraction of sp³-hybridized carbons (Fsp3) is 0.111. The number of aromatic nitrogens is 3. The van der Waals surface area contributed by atoms with E-state index < -0.39 is 5.63 Å². The summed E-state index contributed by atoms with van der Waals surface area (Å²) in [4.78, 5) is 15.8. The first-order valence-electron chi connectivity index (χ1n) is 7.74. The quantitative estimate of drug-likeness (QED) is 0.431. The van der Waals surface area contributed by atoms with Gasteiger partial charge in [-0.2, -0.15) is 0 Å². The lowest BCUT2D eigenvalue weighted by molar-refractivity contribution is 0.465. The Morgan fingerprint density at radius 3 is 2.73 bits per heavy atom. The number of rotatable bonds is 4. The van der Waals surface area contributed by atoms with Crippen molar-refractivity contribution in [3.8, 4) is 17.2 Å². The first-order valence-corrected chi connectivity index (χ1v) is 8.72. The zero-order valence-corrected chi connectivity index (χ0v) is 14.5. The molecule has 3 heterocycles. The van der Waals surface area contributed by atoms with Crippen LogP contribution in [0.3, 0.4) is 0 Å². The van der Waals surface area contributed by atoms with Crippen molar-refractivity contribution in [1.29, 1.82) is 0 Å². The SMILES string of the molecule is Cc1c(O)ccc2c(CSc3nnc(-c4ccncc4)o3)cc(=O)oc12. The van der Waals surface area contributed by atoms with Crippen LogP contribution in [0, 0.1) is 6.92 Å². The van der Waals surface area contributed by atoms with Crippen molar-refractivity contribution < 1.29 is 13.9 Å². The van der Waals surface area contributed by atoms with Gasteiger partial charge in [0.2, 0.25) is 5.89 Å². The van der Waals surface area contributed by atoms with Crippen molar-refractivity contribution in [3.63, 3.8) is 0 Å². The van der Waals surface area contributed by atoms with Crippen molar-refractivity contribution in [3.05, 3.63) is 64.3 Å². The Kier molecular flexibility index (Phi) is 4.18. The second-order valence-corrected chi connectivity index (χ2v) is 6.50. The number of phenols is 1. The largest absolute Gasteiger partial charge is 0.508 e. The molecule has 130 valence electrons. The topological polar surface area (TPSA) is 102 Å². The molecule has 0 saturated heterocycles. The van der Waals surface area contributed by atoms with E-state index in [0.29, 0.717) is 28.0 Å². The summed E-state index contributed by atoms with van der Waals surface area (Å²) in [6.45, 7) is 1.70. The van der Waals surface area contributed by atoms with E-state index in [2.05, 4.69) is 15.2 Å². The number of hydrogen-bond donors (Lipinski definition) is 1. The minimum atomic E-state index is -0.468. The van der Waals surface area contributed by atoms with Gasteiger partial charge in [0.15, 0.2) is 0 Å². The highest BCUT2D eigenvalue weighted by molar-refractivity contribution is 7.98. The minimum absolute atomic E-state index is 0.0874. The average molecular weight is 367 g/mol. The zero-order valence-electron chi connectivity index (χ0n) is 13.7. The third-order valence-electron chi connectivity index (χ3n) is 3.90. The number of phenolic OH excluding ortho intramolecular Hbond substituents is 1. The third-order valence-corrected chi connectivity index (χ3v) is 4.77. The molecule has 8 heteroatoms. The number of aromatic hydroxyl groups is 1. The maximum atomic E-state index is 11.9. The van der Waals surface area contributed by atoms with Crippen molar-refractivity contribution in [2.45, 2.75) is 17.9 Å². The zero-order chi connectivity index (χ0) is 18.1. The number of nitrogens with zero attached hydrogens (tertiary/aromatic N) is 3. The van der Waals surface area contributed by atoms with Gasteiger partial charge in [0.25, 0.3) is 5.22 Å². The summed E-state index contributed by atoms with van der Waals surface area (Å²) in [6, 6.07) is 8.32. The lowest BCUT2D eigenvalue weighted by Gasteiger charge is -2.07. The first kappa shape index (κ1) is 16.3. The lowest BCUT2D eigenvalue weighted by atomic mass is 10.1. The standard InChI is InChI=1S/C18H13N3O4S/c1-10-14(22)3-2-13-12(8-15(23)24-16(10)13)9-26-18-21-20-17(25-18)11-4-6-19-7-5-11/h2-8,22H,9H2,1H3. The van der Waals surface area contributed by atoms with Crippen LogP contribution in [0.2, 0.25) is 0 Å². The molecule has 0 unspecified atom stereocenters. The summed E-state index contributed by atoms with van der Waals surface area (Å²) in [5.74, 6) is 0.946. The molecule has 4 rings (SSSR count). The summed E-state index contributed by atoms with van der Waals surface area (Å²) in [5, 5.41) is 19.0. The number of benzene rings is 1. The molecule has 0 aliphatic carbocycles. The van der Waals surface area contributed by atoms with Crippen LogP contribution in [0.1, 0.15) is 11.1 Å². The molecular weight excluding hydrogens is 354 g/mol. The Labute approximate surface area is 151 Å². The lowest BCUT2D eigenvalue weighted by Crippen LogP contribution is -2.01. The molecule has 0 saturated carbocycles. The van der Waals surface area contributed by atoms with Gasteiger partial charge in [-0.1, -0.05) is 11.8 Å². The van der Waals surface area contributed by atoms with Crippen LogP contribution in [-0.4, -0.2) is 20.3 Å². The molecule has 1 N–H and O–H groups in total. The van der Waals surface area contributed by atoms with E-state index in [1.165, 1.54) is 17.8 Å². The van der Waals surface area contributed by atoms with Gasteiger partial charge in [-0.05, 0) is 36.8 Å². The van der Waals surface area contributed by atoms with Crippen LogP contribution in [0.4, 0.5) is 0 Å². The molecule has 0 bridgehead atoms. The van der Waals surface area contributed by atoms with E-state index in [9.17, 15) is 9.90 Å². The number of hydrogen-bond acceptors (Lipinski definition) is 8. The molecule has 7 nitrogen and oxygen atoms in total. The molecule has 0 atom stereocenters. The molecule has 26 heavy (non-hydrogen) atoms. The molecule has 0 aliphatic heterocycles. The summed E-state index contributed by atoms with van der Waals surface area (Å²) < 4.78 is 10.9. The predicted molar refractivity (Wildman–Crippen MR) is 96.0 cm³/mol. The molecule has 0 aliphatic rings. The first-order chi connectivity index (χ1) is 12.6. The molecule has 4 aromatic rings. The Morgan fingerprint density at radius 2 is 1.92 bits per heavy atom. The Balaban J connectivity index is 1.62. The summed E-state index contributed by atoms with van der Waals surface area (Å²) in [6.07, 6.45) is 3.30. The Morgan fingerprint density at radius 1 is 1.12 bits per heavy atom. The van der Waals surface area contributed by atoms with Gasteiger partial charge in [-0.3, -0.25) is 4.98 Å². The normalized spacial score (nSPS) is 11.1. The second kappa shape index (κ2) is 6.64. The highest BCUT2D eigenvalue weighted by Crippen LogP contribution is 2.31. The van der Waals surface area contributed by atoms with E-state index in [1.54, 1.807) is 43.6 Å². The minimum Gasteiger partial charge on any atom is -0.508 e. The van der Waals surface area contributed by atoms with E-state index in [1.807, 2.05) is 0 Å². The monoisotopic (exact) mass is 367 g/mol. The van der Waals surface area contributed by atoms with Gasteiger partial charge in [-0.15, -0.1) is 10.2 Å². The third kappa shape index (κ3) is 3.06. The smallest absolute Gasteiger partial charge is 0.336 e. The highest BCUT2D eigenvalue weighted by atomic mass is 32.2. The molecule has 0 fully saturated rings. The van der Waals surface area contributed by atoms with Gasteiger partial charge >= 0.3 is 5.63 Å². The summed E-state index contributed by atoms with van der Waals surface area (Å²) in [7, 11) is 0. The van der Waals surface area contributed by atoms with Gasteiger partial charge in [0, 0.05) is 40.7 Å². The van der Waals surface area contributed by atoms with Gasteiger partial charge in [-0.25, -0.2) is 4.79 Å².